The Hall–Kier alpha value is -2.03. The fourth-order valence-electron chi connectivity index (χ4n) is 0.912. The number of carbonyl (C=O) groups is 1. The van der Waals surface area contributed by atoms with E-state index in [4.69, 9.17) is 11.0 Å². The highest BCUT2D eigenvalue weighted by Gasteiger charge is 2.16. The molecule has 4 nitrogen and oxygen atoms in total. The summed E-state index contributed by atoms with van der Waals surface area (Å²) < 4.78 is 24.5. The standard InChI is InChI=1S/C8H5F2N3O/c9-7(10)5-1-4(2-11)6(3-14)13-8(5)12/h1,3,7H,(H2,12,13). The third-order valence-corrected chi connectivity index (χ3v) is 1.58. The zero-order valence-corrected chi connectivity index (χ0v) is 6.87. The van der Waals surface area contributed by atoms with Crippen LogP contribution in [-0.2, 0) is 0 Å². The average Bonchev–Trinajstić information content (AvgIpc) is 2.16. The van der Waals surface area contributed by atoms with Gasteiger partial charge in [-0.1, -0.05) is 0 Å². The van der Waals surface area contributed by atoms with Crippen LogP contribution in [0.15, 0.2) is 6.07 Å². The van der Waals surface area contributed by atoms with Crippen molar-refractivity contribution < 1.29 is 13.6 Å². The zero-order chi connectivity index (χ0) is 10.7. The van der Waals surface area contributed by atoms with Crippen LogP contribution in [0, 0.1) is 11.3 Å². The van der Waals surface area contributed by atoms with Crippen molar-refractivity contribution in [2.24, 2.45) is 0 Å². The van der Waals surface area contributed by atoms with E-state index in [-0.39, 0.29) is 11.3 Å². The number of carbonyl (C=O) groups excluding carboxylic acids is 1. The summed E-state index contributed by atoms with van der Waals surface area (Å²) in [6.07, 6.45) is -2.51. The zero-order valence-electron chi connectivity index (χ0n) is 6.87. The Labute approximate surface area is 78.0 Å². The first kappa shape index (κ1) is 10.1. The van der Waals surface area contributed by atoms with E-state index in [1.165, 1.54) is 0 Å². The number of halogens is 2. The van der Waals surface area contributed by atoms with Crippen LogP contribution < -0.4 is 5.73 Å². The van der Waals surface area contributed by atoms with Crippen LogP contribution in [-0.4, -0.2) is 11.3 Å². The lowest BCUT2D eigenvalue weighted by molar-refractivity contribution is 0.111. The fourth-order valence-corrected chi connectivity index (χ4v) is 0.912. The van der Waals surface area contributed by atoms with Crippen LogP contribution in [0.1, 0.15) is 28.0 Å². The number of alkyl halides is 2. The van der Waals surface area contributed by atoms with E-state index >= 15 is 0 Å². The monoisotopic (exact) mass is 197 g/mol. The Bertz CT molecular complexity index is 412. The van der Waals surface area contributed by atoms with Gasteiger partial charge < -0.3 is 5.73 Å². The van der Waals surface area contributed by atoms with Crippen LogP contribution in [0.3, 0.4) is 0 Å². The molecule has 0 saturated carbocycles. The summed E-state index contributed by atoms with van der Waals surface area (Å²) in [4.78, 5) is 13.8. The lowest BCUT2D eigenvalue weighted by Gasteiger charge is -2.04. The molecule has 0 spiro atoms. The molecule has 0 saturated heterocycles. The quantitative estimate of drug-likeness (QED) is 0.724. The summed E-state index contributed by atoms with van der Waals surface area (Å²) in [6, 6.07) is 2.46. The highest BCUT2D eigenvalue weighted by atomic mass is 19.3. The Balaban J connectivity index is 3.39. The third kappa shape index (κ3) is 1.66. The molecule has 1 aromatic heterocycles. The predicted molar refractivity (Wildman–Crippen MR) is 43.7 cm³/mol. The maximum atomic E-state index is 12.3. The van der Waals surface area contributed by atoms with Gasteiger partial charge in [0, 0.05) is 0 Å². The number of hydrogen-bond donors (Lipinski definition) is 1. The molecule has 2 N–H and O–H groups in total. The SMILES string of the molecule is N#Cc1cc(C(F)F)c(N)nc1C=O. The van der Waals surface area contributed by atoms with Crippen molar-refractivity contribution >= 4 is 12.1 Å². The van der Waals surface area contributed by atoms with Gasteiger partial charge >= 0.3 is 0 Å². The number of anilines is 1. The molecule has 0 aromatic carbocycles. The largest absolute Gasteiger partial charge is 0.383 e. The van der Waals surface area contributed by atoms with Gasteiger partial charge in [0.1, 0.15) is 17.6 Å². The van der Waals surface area contributed by atoms with Crippen molar-refractivity contribution in [2.75, 3.05) is 5.73 Å². The highest BCUT2D eigenvalue weighted by Crippen LogP contribution is 2.25. The predicted octanol–water partition coefficient (Wildman–Crippen LogP) is 1.29. The molecule has 0 bridgehead atoms. The van der Waals surface area contributed by atoms with E-state index in [1.807, 2.05) is 0 Å². The van der Waals surface area contributed by atoms with Crippen LogP contribution in [0.5, 0.6) is 0 Å². The first-order valence-corrected chi connectivity index (χ1v) is 3.54. The molecule has 0 aliphatic heterocycles. The molecule has 72 valence electrons. The van der Waals surface area contributed by atoms with Crippen molar-refractivity contribution in [1.82, 2.24) is 4.98 Å². The van der Waals surface area contributed by atoms with Crippen molar-refractivity contribution in [2.45, 2.75) is 6.43 Å². The van der Waals surface area contributed by atoms with Gasteiger partial charge in [-0.25, -0.2) is 13.8 Å². The lowest BCUT2D eigenvalue weighted by atomic mass is 10.1. The van der Waals surface area contributed by atoms with E-state index in [1.54, 1.807) is 6.07 Å². The molecule has 0 aliphatic carbocycles. The second-order valence-electron chi connectivity index (χ2n) is 2.43. The Morgan fingerprint density at radius 2 is 2.29 bits per heavy atom. The summed E-state index contributed by atoms with van der Waals surface area (Å²) in [6.45, 7) is 0. The minimum absolute atomic E-state index is 0.204. The molecule has 0 radical (unpaired) electrons. The summed E-state index contributed by atoms with van der Waals surface area (Å²) in [5.41, 5.74) is 4.20. The second-order valence-corrected chi connectivity index (χ2v) is 2.43. The Morgan fingerprint density at radius 1 is 1.64 bits per heavy atom. The first-order valence-electron chi connectivity index (χ1n) is 3.54. The highest BCUT2D eigenvalue weighted by molar-refractivity contribution is 5.77. The smallest absolute Gasteiger partial charge is 0.267 e. The summed E-state index contributed by atoms with van der Waals surface area (Å²) in [5, 5.41) is 8.51. The van der Waals surface area contributed by atoms with E-state index < -0.39 is 17.8 Å². The van der Waals surface area contributed by atoms with Gasteiger partial charge in [-0.2, -0.15) is 5.26 Å². The van der Waals surface area contributed by atoms with Gasteiger partial charge in [0.2, 0.25) is 0 Å². The number of pyridine rings is 1. The van der Waals surface area contributed by atoms with Gasteiger partial charge in [-0.15, -0.1) is 0 Å². The maximum Gasteiger partial charge on any atom is 0.267 e. The minimum Gasteiger partial charge on any atom is -0.383 e. The van der Waals surface area contributed by atoms with E-state index in [0.29, 0.717) is 6.29 Å². The van der Waals surface area contributed by atoms with Gasteiger partial charge in [-0.05, 0) is 6.07 Å². The van der Waals surface area contributed by atoms with Gasteiger partial charge in [0.25, 0.3) is 6.43 Å². The molecule has 0 atom stereocenters. The molecule has 1 rings (SSSR count). The molecular weight excluding hydrogens is 192 g/mol. The number of aromatic nitrogens is 1. The second kappa shape index (κ2) is 3.79. The van der Waals surface area contributed by atoms with Crippen LogP contribution in [0.2, 0.25) is 0 Å². The number of aldehydes is 1. The molecule has 0 amide bonds. The number of nitrogens with zero attached hydrogens (tertiary/aromatic N) is 2. The Kier molecular flexibility index (Phi) is 2.72. The summed E-state index contributed by atoms with van der Waals surface area (Å²) in [5.74, 6) is -0.430. The topological polar surface area (TPSA) is 79.8 Å². The number of hydrogen-bond acceptors (Lipinski definition) is 4. The molecule has 1 heterocycles. The minimum atomic E-state index is -2.81. The first-order chi connectivity index (χ1) is 6.60. The number of nitrogen functional groups attached to an aromatic ring is 1. The van der Waals surface area contributed by atoms with Gasteiger partial charge in [0.05, 0.1) is 11.1 Å². The number of nitrogens with two attached hydrogens (primary N) is 1. The molecule has 0 fully saturated rings. The Morgan fingerprint density at radius 3 is 2.71 bits per heavy atom. The van der Waals surface area contributed by atoms with Crippen LogP contribution in [0.4, 0.5) is 14.6 Å². The van der Waals surface area contributed by atoms with Crippen molar-refractivity contribution in [3.63, 3.8) is 0 Å². The van der Waals surface area contributed by atoms with Crippen LogP contribution >= 0.6 is 0 Å². The molecular formula is C8H5F2N3O. The van der Waals surface area contributed by atoms with E-state index in [0.717, 1.165) is 6.07 Å². The number of rotatable bonds is 2. The van der Waals surface area contributed by atoms with Crippen LogP contribution in [0.25, 0.3) is 0 Å². The maximum absolute atomic E-state index is 12.3. The van der Waals surface area contributed by atoms with Crippen molar-refractivity contribution in [3.05, 3.63) is 22.9 Å². The number of nitriles is 1. The average molecular weight is 197 g/mol. The summed E-state index contributed by atoms with van der Waals surface area (Å²) in [7, 11) is 0. The third-order valence-electron chi connectivity index (χ3n) is 1.58. The molecule has 14 heavy (non-hydrogen) atoms. The lowest BCUT2D eigenvalue weighted by Crippen LogP contribution is -2.03. The normalized spacial score (nSPS) is 9.86. The van der Waals surface area contributed by atoms with Gasteiger partial charge in [-0.3, -0.25) is 4.79 Å². The van der Waals surface area contributed by atoms with Gasteiger partial charge in [0.15, 0.2) is 6.29 Å². The van der Waals surface area contributed by atoms with E-state index in [2.05, 4.69) is 4.98 Å². The molecule has 1 aromatic rings. The van der Waals surface area contributed by atoms with Crippen molar-refractivity contribution in [1.29, 1.82) is 5.26 Å². The molecule has 0 unspecified atom stereocenters. The van der Waals surface area contributed by atoms with Crippen molar-refractivity contribution in [3.8, 4) is 6.07 Å². The fraction of sp³-hybridized carbons (Fsp3) is 0.125. The van der Waals surface area contributed by atoms with E-state index in [9.17, 15) is 13.6 Å². The molecule has 6 heteroatoms. The summed E-state index contributed by atoms with van der Waals surface area (Å²) >= 11 is 0. The molecule has 0 aliphatic rings.